The van der Waals surface area contributed by atoms with Crippen LogP contribution in [0, 0.1) is 5.82 Å². The molecule has 6 heteroatoms. The first-order valence-electron chi connectivity index (χ1n) is 8.51. The maximum atomic E-state index is 13.0. The van der Waals surface area contributed by atoms with Crippen LogP contribution in [0.25, 0.3) is 0 Å². The Kier molecular flexibility index (Phi) is 4.90. The SMILES string of the molecule is CC(=O)N1CC2CN(Cc3ccc(F)cc3)CCN2C(C)(CO)C1. The van der Waals surface area contributed by atoms with E-state index in [1.54, 1.807) is 6.92 Å². The lowest BCUT2D eigenvalue weighted by molar-refractivity contribution is -0.143. The molecule has 2 fully saturated rings. The predicted molar refractivity (Wildman–Crippen MR) is 89.9 cm³/mol. The van der Waals surface area contributed by atoms with Crippen LogP contribution in [-0.2, 0) is 11.3 Å². The molecule has 1 amide bonds. The number of hydrogen-bond donors (Lipinski definition) is 1. The number of aliphatic hydroxyl groups is 1. The number of amides is 1. The lowest BCUT2D eigenvalue weighted by Gasteiger charge is -2.56. The number of carbonyl (C=O) groups is 1. The summed E-state index contributed by atoms with van der Waals surface area (Å²) in [6.07, 6.45) is 0. The zero-order chi connectivity index (χ0) is 17.3. The minimum atomic E-state index is -0.378. The van der Waals surface area contributed by atoms with E-state index < -0.39 is 0 Å². The fourth-order valence-electron chi connectivity index (χ4n) is 3.98. The fourth-order valence-corrected chi connectivity index (χ4v) is 3.98. The van der Waals surface area contributed by atoms with E-state index in [4.69, 9.17) is 0 Å². The molecule has 1 N–H and O–H groups in total. The number of piperazine rings is 2. The summed E-state index contributed by atoms with van der Waals surface area (Å²) in [6, 6.07) is 6.85. The Morgan fingerprint density at radius 3 is 2.62 bits per heavy atom. The Bertz CT molecular complexity index is 594. The Labute approximate surface area is 142 Å². The molecule has 2 aliphatic heterocycles. The maximum Gasteiger partial charge on any atom is 0.219 e. The molecule has 2 atom stereocenters. The lowest BCUT2D eigenvalue weighted by Crippen LogP contribution is -2.72. The van der Waals surface area contributed by atoms with Gasteiger partial charge in [-0.1, -0.05) is 12.1 Å². The van der Waals surface area contributed by atoms with Gasteiger partial charge in [0.05, 0.1) is 12.1 Å². The number of aliphatic hydroxyl groups excluding tert-OH is 1. The molecule has 2 heterocycles. The number of hydrogen-bond acceptors (Lipinski definition) is 4. The molecule has 1 aromatic carbocycles. The van der Waals surface area contributed by atoms with Crippen LogP contribution < -0.4 is 0 Å². The molecule has 1 aromatic rings. The molecule has 2 aliphatic rings. The largest absolute Gasteiger partial charge is 0.394 e. The molecule has 0 spiro atoms. The standard InChI is InChI=1S/C18H26FN3O2/c1-14(24)21-11-17-10-20(9-15-3-5-16(19)6-4-15)7-8-22(17)18(2,12-21)13-23/h3-6,17,23H,7-13H2,1-2H3. The number of fused-ring (bicyclic) bond motifs is 1. The Hall–Kier alpha value is -1.50. The molecule has 2 unspecified atom stereocenters. The molecular weight excluding hydrogens is 309 g/mol. The van der Waals surface area contributed by atoms with Crippen LogP contribution in [0.3, 0.4) is 0 Å². The highest BCUT2D eigenvalue weighted by molar-refractivity contribution is 5.73. The lowest BCUT2D eigenvalue weighted by atomic mass is 9.91. The third kappa shape index (κ3) is 3.45. The summed E-state index contributed by atoms with van der Waals surface area (Å²) in [5, 5.41) is 9.89. The zero-order valence-electron chi connectivity index (χ0n) is 14.4. The first kappa shape index (κ1) is 17.3. The summed E-state index contributed by atoms with van der Waals surface area (Å²) in [5.41, 5.74) is 0.713. The number of carbonyl (C=O) groups excluding carboxylic acids is 1. The summed E-state index contributed by atoms with van der Waals surface area (Å²) in [4.78, 5) is 18.4. The second kappa shape index (κ2) is 6.78. The van der Waals surface area contributed by atoms with Crippen molar-refractivity contribution in [3.05, 3.63) is 35.6 Å². The van der Waals surface area contributed by atoms with Gasteiger partial charge in [-0.3, -0.25) is 14.6 Å². The highest BCUT2D eigenvalue weighted by atomic mass is 19.1. The van der Waals surface area contributed by atoms with E-state index in [0.29, 0.717) is 13.1 Å². The first-order valence-corrected chi connectivity index (χ1v) is 8.51. The molecule has 0 radical (unpaired) electrons. The van der Waals surface area contributed by atoms with Crippen LogP contribution >= 0.6 is 0 Å². The highest BCUT2D eigenvalue weighted by Crippen LogP contribution is 2.28. The Balaban J connectivity index is 1.70. The van der Waals surface area contributed by atoms with Crippen molar-refractivity contribution in [1.29, 1.82) is 0 Å². The van der Waals surface area contributed by atoms with Gasteiger partial charge in [0.15, 0.2) is 0 Å². The molecular formula is C18H26FN3O2. The molecule has 24 heavy (non-hydrogen) atoms. The molecule has 0 aromatic heterocycles. The highest BCUT2D eigenvalue weighted by Gasteiger charge is 2.45. The van der Waals surface area contributed by atoms with Crippen LogP contribution in [-0.4, -0.2) is 76.6 Å². The molecule has 0 aliphatic carbocycles. The number of halogens is 1. The van der Waals surface area contributed by atoms with Crippen molar-refractivity contribution in [3.8, 4) is 0 Å². The molecule has 132 valence electrons. The van der Waals surface area contributed by atoms with Crippen LogP contribution in [0.5, 0.6) is 0 Å². The minimum absolute atomic E-state index is 0.0469. The van der Waals surface area contributed by atoms with Gasteiger partial charge in [-0.05, 0) is 24.6 Å². The summed E-state index contributed by atoms with van der Waals surface area (Å²) in [5.74, 6) is -0.156. The van der Waals surface area contributed by atoms with Crippen molar-refractivity contribution in [2.75, 3.05) is 39.3 Å². The van der Waals surface area contributed by atoms with Crippen molar-refractivity contribution in [1.82, 2.24) is 14.7 Å². The molecule has 0 bridgehead atoms. The quantitative estimate of drug-likeness (QED) is 0.893. The third-order valence-electron chi connectivity index (χ3n) is 5.33. The van der Waals surface area contributed by atoms with Crippen molar-refractivity contribution < 1.29 is 14.3 Å². The van der Waals surface area contributed by atoms with E-state index in [9.17, 15) is 14.3 Å². The molecule has 5 nitrogen and oxygen atoms in total. The van der Waals surface area contributed by atoms with E-state index >= 15 is 0 Å². The van der Waals surface area contributed by atoms with Crippen molar-refractivity contribution in [2.45, 2.75) is 32.0 Å². The average molecular weight is 335 g/mol. The second-order valence-corrected chi connectivity index (χ2v) is 7.26. The van der Waals surface area contributed by atoms with Gasteiger partial charge < -0.3 is 10.0 Å². The minimum Gasteiger partial charge on any atom is -0.394 e. The summed E-state index contributed by atoms with van der Waals surface area (Å²) in [7, 11) is 0. The molecule has 2 saturated heterocycles. The number of benzene rings is 1. The smallest absolute Gasteiger partial charge is 0.219 e. The van der Waals surface area contributed by atoms with E-state index in [1.807, 2.05) is 24.0 Å². The van der Waals surface area contributed by atoms with Gasteiger partial charge in [0.25, 0.3) is 0 Å². The van der Waals surface area contributed by atoms with Crippen molar-refractivity contribution in [3.63, 3.8) is 0 Å². The van der Waals surface area contributed by atoms with Gasteiger partial charge in [0.2, 0.25) is 5.91 Å². The van der Waals surface area contributed by atoms with Gasteiger partial charge >= 0.3 is 0 Å². The Morgan fingerprint density at radius 2 is 2.00 bits per heavy atom. The van der Waals surface area contributed by atoms with Gasteiger partial charge in [0, 0.05) is 52.2 Å². The summed E-state index contributed by atoms with van der Waals surface area (Å²) < 4.78 is 13.0. The number of rotatable bonds is 3. The monoisotopic (exact) mass is 335 g/mol. The van der Waals surface area contributed by atoms with Crippen molar-refractivity contribution in [2.24, 2.45) is 0 Å². The van der Waals surface area contributed by atoms with E-state index in [1.165, 1.54) is 12.1 Å². The first-order chi connectivity index (χ1) is 11.4. The van der Waals surface area contributed by atoms with E-state index in [-0.39, 0.29) is 29.9 Å². The molecule has 3 rings (SSSR count). The van der Waals surface area contributed by atoms with Crippen molar-refractivity contribution >= 4 is 5.91 Å². The maximum absolute atomic E-state index is 13.0. The number of nitrogens with zero attached hydrogens (tertiary/aromatic N) is 3. The van der Waals surface area contributed by atoms with Crippen LogP contribution in [0.15, 0.2) is 24.3 Å². The van der Waals surface area contributed by atoms with E-state index in [2.05, 4.69) is 9.80 Å². The average Bonchev–Trinajstić information content (AvgIpc) is 2.56. The second-order valence-electron chi connectivity index (χ2n) is 7.26. The third-order valence-corrected chi connectivity index (χ3v) is 5.33. The summed E-state index contributed by atoms with van der Waals surface area (Å²) in [6.45, 7) is 8.34. The topological polar surface area (TPSA) is 47.0 Å². The molecule has 0 saturated carbocycles. The van der Waals surface area contributed by atoms with Gasteiger partial charge in [-0.2, -0.15) is 0 Å². The zero-order valence-corrected chi connectivity index (χ0v) is 14.4. The fraction of sp³-hybridized carbons (Fsp3) is 0.611. The normalized spacial score (nSPS) is 28.7. The van der Waals surface area contributed by atoms with Gasteiger partial charge in [-0.15, -0.1) is 0 Å². The van der Waals surface area contributed by atoms with Crippen LogP contribution in [0.2, 0.25) is 0 Å². The van der Waals surface area contributed by atoms with Gasteiger partial charge in [0.1, 0.15) is 5.82 Å². The van der Waals surface area contributed by atoms with E-state index in [0.717, 1.165) is 31.7 Å². The predicted octanol–water partition coefficient (Wildman–Crippen LogP) is 0.925. The van der Waals surface area contributed by atoms with Gasteiger partial charge in [-0.25, -0.2) is 4.39 Å². The summed E-state index contributed by atoms with van der Waals surface area (Å²) >= 11 is 0. The van der Waals surface area contributed by atoms with Crippen LogP contribution in [0.1, 0.15) is 19.4 Å². The van der Waals surface area contributed by atoms with Crippen LogP contribution in [0.4, 0.5) is 4.39 Å². The Morgan fingerprint density at radius 1 is 1.29 bits per heavy atom.